The van der Waals surface area contributed by atoms with Gasteiger partial charge in [0, 0.05) is 37.7 Å². The molecule has 0 N–H and O–H groups in total. The van der Waals surface area contributed by atoms with E-state index in [2.05, 4.69) is 14.9 Å². The smallest absolute Gasteiger partial charge is 0.232 e. The number of hydrogen-bond acceptors (Lipinski definition) is 4. The molecule has 5 rings (SSSR count). The quantitative estimate of drug-likeness (QED) is 0.830. The van der Waals surface area contributed by atoms with Crippen molar-refractivity contribution in [3.63, 3.8) is 0 Å². The summed E-state index contributed by atoms with van der Waals surface area (Å²) < 4.78 is 6.17. The minimum atomic E-state index is 0. The zero-order valence-electron chi connectivity index (χ0n) is 11.2. The molecule has 3 saturated heterocycles. The van der Waals surface area contributed by atoms with Crippen LogP contribution in [0.5, 0.6) is 5.88 Å². The SMILES string of the molecule is Cc1cncc(OC2C3CC4CC2CN(C4)C3)n1.Cl. The fourth-order valence-electron chi connectivity index (χ4n) is 4.19. The van der Waals surface area contributed by atoms with Crippen LogP contribution in [0.3, 0.4) is 0 Å². The topological polar surface area (TPSA) is 38.2 Å². The molecule has 1 aliphatic carbocycles. The highest BCUT2D eigenvalue weighted by molar-refractivity contribution is 5.85. The molecule has 0 aromatic carbocycles. The molecule has 2 atom stereocenters. The Labute approximate surface area is 120 Å². The number of aromatic nitrogens is 2. The average molecular weight is 282 g/mol. The third-order valence-electron chi connectivity index (χ3n) is 4.69. The van der Waals surface area contributed by atoms with Gasteiger partial charge in [-0.3, -0.25) is 4.98 Å². The Hall–Kier alpha value is -0.870. The lowest BCUT2D eigenvalue weighted by Crippen LogP contribution is -2.61. The van der Waals surface area contributed by atoms with Crippen LogP contribution >= 0.6 is 12.4 Å². The maximum absolute atomic E-state index is 6.17. The molecule has 104 valence electrons. The monoisotopic (exact) mass is 281 g/mol. The van der Waals surface area contributed by atoms with Gasteiger partial charge in [-0.15, -0.1) is 12.4 Å². The highest BCUT2D eigenvalue weighted by Gasteiger charge is 2.48. The number of rotatable bonds is 2. The number of nitrogens with zero attached hydrogens (tertiary/aromatic N) is 3. The van der Waals surface area contributed by atoms with Crippen LogP contribution < -0.4 is 4.74 Å². The second-order valence-electron chi connectivity index (χ2n) is 6.16. The predicted molar refractivity (Wildman–Crippen MR) is 74.6 cm³/mol. The molecule has 4 nitrogen and oxygen atoms in total. The summed E-state index contributed by atoms with van der Waals surface area (Å²) in [6.07, 6.45) is 6.58. The molecule has 4 bridgehead atoms. The summed E-state index contributed by atoms with van der Waals surface area (Å²) in [7, 11) is 0. The summed E-state index contributed by atoms with van der Waals surface area (Å²) in [6, 6.07) is 0. The summed E-state index contributed by atoms with van der Waals surface area (Å²) in [5.74, 6) is 3.05. The van der Waals surface area contributed by atoms with Gasteiger partial charge in [-0.05, 0) is 25.7 Å². The molecule has 0 radical (unpaired) electrons. The molecule has 4 heterocycles. The molecule has 2 unspecified atom stereocenters. The molecule has 1 aromatic heterocycles. The Balaban J connectivity index is 0.00000110. The van der Waals surface area contributed by atoms with E-state index in [0.29, 0.717) is 23.8 Å². The van der Waals surface area contributed by atoms with E-state index in [1.165, 1.54) is 32.5 Å². The number of ether oxygens (including phenoxy) is 1. The maximum atomic E-state index is 6.17. The Kier molecular flexibility index (Phi) is 3.39. The molecule has 4 fully saturated rings. The molecule has 0 spiro atoms. The first-order valence-corrected chi connectivity index (χ1v) is 6.95. The van der Waals surface area contributed by atoms with Crippen LogP contribution in [-0.2, 0) is 0 Å². The van der Waals surface area contributed by atoms with Gasteiger partial charge >= 0.3 is 0 Å². The van der Waals surface area contributed by atoms with Crippen LogP contribution in [0.2, 0.25) is 0 Å². The van der Waals surface area contributed by atoms with Crippen molar-refractivity contribution in [2.45, 2.75) is 25.9 Å². The summed E-state index contributed by atoms with van der Waals surface area (Å²) in [4.78, 5) is 11.2. The first-order chi connectivity index (χ1) is 8.78. The van der Waals surface area contributed by atoms with E-state index in [0.717, 1.165) is 11.6 Å². The number of halogens is 1. The van der Waals surface area contributed by atoms with Crippen molar-refractivity contribution in [1.29, 1.82) is 0 Å². The normalized spacial score (nSPS) is 38.9. The average Bonchev–Trinajstić information content (AvgIpc) is 2.33. The highest BCUT2D eigenvalue weighted by atomic mass is 35.5. The van der Waals surface area contributed by atoms with E-state index >= 15 is 0 Å². The predicted octanol–water partition coefficient (Wildman–Crippen LogP) is 1.93. The number of aryl methyl sites for hydroxylation is 1. The zero-order chi connectivity index (χ0) is 12.1. The van der Waals surface area contributed by atoms with Crippen molar-refractivity contribution < 1.29 is 4.74 Å². The largest absolute Gasteiger partial charge is 0.473 e. The molecule has 1 aromatic rings. The summed E-state index contributed by atoms with van der Waals surface area (Å²) in [5.41, 5.74) is 0.931. The Morgan fingerprint density at radius 1 is 1.16 bits per heavy atom. The molecule has 19 heavy (non-hydrogen) atoms. The lowest BCUT2D eigenvalue weighted by molar-refractivity contribution is -0.0998. The Morgan fingerprint density at radius 3 is 2.53 bits per heavy atom. The van der Waals surface area contributed by atoms with Crippen LogP contribution in [0.1, 0.15) is 18.5 Å². The molecule has 4 aliphatic rings. The Bertz CT molecular complexity index is 440. The Morgan fingerprint density at radius 2 is 1.89 bits per heavy atom. The lowest BCUT2D eigenvalue weighted by atomic mass is 9.66. The standard InChI is InChI=1S/C14H19N3O.ClH/c1-9-4-15-5-13(16-9)18-14-11-2-10-3-12(14)8-17(6-10)7-11;/h4-5,10-12,14H,2-3,6-8H2,1H3;1H. The van der Waals surface area contributed by atoms with E-state index in [1.54, 1.807) is 12.4 Å². The first-order valence-electron chi connectivity index (χ1n) is 6.95. The van der Waals surface area contributed by atoms with Crippen LogP contribution in [0, 0.1) is 24.7 Å². The number of piperidine rings is 3. The van der Waals surface area contributed by atoms with Gasteiger partial charge in [0.1, 0.15) is 6.10 Å². The summed E-state index contributed by atoms with van der Waals surface area (Å²) in [6.45, 7) is 5.72. The van der Waals surface area contributed by atoms with Crippen molar-refractivity contribution in [2.24, 2.45) is 17.8 Å². The van der Waals surface area contributed by atoms with E-state index in [-0.39, 0.29) is 12.4 Å². The van der Waals surface area contributed by atoms with Gasteiger partial charge in [-0.1, -0.05) is 0 Å². The maximum Gasteiger partial charge on any atom is 0.232 e. The van der Waals surface area contributed by atoms with Crippen molar-refractivity contribution in [1.82, 2.24) is 14.9 Å². The fourth-order valence-corrected chi connectivity index (χ4v) is 4.19. The molecule has 1 saturated carbocycles. The van der Waals surface area contributed by atoms with Gasteiger partial charge in [-0.2, -0.15) is 0 Å². The van der Waals surface area contributed by atoms with E-state index in [4.69, 9.17) is 4.74 Å². The zero-order valence-corrected chi connectivity index (χ0v) is 12.0. The minimum Gasteiger partial charge on any atom is -0.473 e. The van der Waals surface area contributed by atoms with E-state index in [1.807, 2.05) is 6.92 Å². The number of hydrogen-bond donors (Lipinski definition) is 0. The molecular formula is C14H20ClN3O. The molecule has 5 heteroatoms. The first kappa shape index (κ1) is 13.1. The van der Waals surface area contributed by atoms with E-state index in [9.17, 15) is 0 Å². The van der Waals surface area contributed by atoms with Crippen molar-refractivity contribution in [3.05, 3.63) is 18.1 Å². The van der Waals surface area contributed by atoms with Crippen LogP contribution in [-0.4, -0.2) is 40.6 Å². The van der Waals surface area contributed by atoms with Gasteiger partial charge in [0.2, 0.25) is 5.88 Å². The second-order valence-corrected chi connectivity index (χ2v) is 6.16. The molecule has 3 aliphatic heterocycles. The van der Waals surface area contributed by atoms with Gasteiger partial charge in [0.25, 0.3) is 0 Å². The van der Waals surface area contributed by atoms with E-state index < -0.39 is 0 Å². The van der Waals surface area contributed by atoms with Gasteiger partial charge < -0.3 is 9.64 Å². The summed E-state index contributed by atoms with van der Waals surface area (Å²) in [5, 5.41) is 0. The van der Waals surface area contributed by atoms with Gasteiger partial charge in [0.05, 0.1) is 11.9 Å². The van der Waals surface area contributed by atoms with Gasteiger partial charge in [0.15, 0.2) is 0 Å². The van der Waals surface area contributed by atoms with Crippen LogP contribution in [0.4, 0.5) is 0 Å². The highest BCUT2D eigenvalue weighted by Crippen LogP contribution is 2.44. The second kappa shape index (κ2) is 4.91. The molecule has 0 amide bonds. The van der Waals surface area contributed by atoms with Crippen molar-refractivity contribution in [2.75, 3.05) is 19.6 Å². The van der Waals surface area contributed by atoms with Crippen LogP contribution in [0.15, 0.2) is 12.4 Å². The van der Waals surface area contributed by atoms with Crippen molar-refractivity contribution >= 4 is 12.4 Å². The molecular weight excluding hydrogens is 262 g/mol. The van der Waals surface area contributed by atoms with Crippen molar-refractivity contribution in [3.8, 4) is 5.88 Å². The third kappa shape index (κ3) is 2.32. The summed E-state index contributed by atoms with van der Waals surface area (Å²) >= 11 is 0. The lowest BCUT2D eigenvalue weighted by Gasteiger charge is -2.55. The minimum absolute atomic E-state index is 0. The third-order valence-corrected chi connectivity index (χ3v) is 4.69. The van der Waals surface area contributed by atoms with Crippen LogP contribution in [0.25, 0.3) is 0 Å². The fraction of sp³-hybridized carbons (Fsp3) is 0.714. The van der Waals surface area contributed by atoms with Gasteiger partial charge in [-0.25, -0.2) is 4.98 Å².